The first-order valence-corrected chi connectivity index (χ1v) is 10.4. The fourth-order valence-electron chi connectivity index (χ4n) is 4.35. The lowest BCUT2D eigenvalue weighted by atomic mass is 9.96. The first-order valence-electron chi connectivity index (χ1n) is 10.4. The van der Waals surface area contributed by atoms with Crippen LogP contribution in [0.3, 0.4) is 0 Å². The summed E-state index contributed by atoms with van der Waals surface area (Å²) in [5, 5.41) is 9.38. The predicted octanol–water partition coefficient (Wildman–Crippen LogP) is 2.86. The maximum Gasteiger partial charge on any atom is 0.254 e. The maximum absolute atomic E-state index is 13.3. The Labute approximate surface area is 168 Å². The standard InChI is InChI=1S/C22H25N5O2/c1-14-4-7-19-17(9-14)18(10-21(28)23-19)22(29)26-8-2-3-15(11-26)12-27-13-20(24-25-27)16-5-6-16/h4,7,9-10,13,15-16H,2-3,5-6,8,11-12H2,1H3,(H,23,28)/t15-/m1/s1. The van der Waals surface area contributed by atoms with Gasteiger partial charge in [0, 0.05) is 48.7 Å². The molecule has 7 heteroatoms. The Bertz CT molecular complexity index is 1130. The summed E-state index contributed by atoms with van der Waals surface area (Å²) in [6.45, 7) is 4.17. The Morgan fingerprint density at radius 1 is 1.24 bits per heavy atom. The molecule has 1 aliphatic carbocycles. The molecule has 1 atom stereocenters. The third-order valence-electron chi connectivity index (χ3n) is 6.03. The molecule has 1 saturated heterocycles. The highest BCUT2D eigenvalue weighted by Gasteiger charge is 2.29. The molecule has 0 radical (unpaired) electrons. The zero-order valence-corrected chi connectivity index (χ0v) is 16.6. The molecule has 2 fully saturated rings. The van der Waals surface area contributed by atoms with Gasteiger partial charge in [-0.3, -0.25) is 14.3 Å². The Morgan fingerprint density at radius 2 is 2.10 bits per heavy atom. The van der Waals surface area contributed by atoms with Gasteiger partial charge >= 0.3 is 0 Å². The number of aromatic nitrogens is 4. The fourth-order valence-corrected chi connectivity index (χ4v) is 4.35. The van der Waals surface area contributed by atoms with Gasteiger partial charge in [-0.25, -0.2) is 0 Å². The van der Waals surface area contributed by atoms with E-state index < -0.39 is 0 Å². The number of likely N-dealkylation sites (tertiary alicyclic amines) is 1. The molecule has 0 bridgehead atoms. The van der Waals surface area contributed by atoms with E-state index in [0.717, 1.165) is 42.6 Å². The minimum Gasteiger partial charge on any atom is -0.338 e. The molecule has 1 aromatic carbocycles. The summed E-state index contributed by atoms with van der Waals surface area (Å²) >= 11 is 0. The van der Waals surface area contributed by atoms with Crippen LogP contribution >= 0.6 is 0 Å². The number of hydrogen-bond acceptors (Lipinski definition) is 4. The van der Waals surface area contributed by atoms with Gasteiger partial charge in [-0.05, 0) is 50.7 Å². The molecule has 0 spiro atoms. The van der Waals surface area contributed by atoms with E-state index in [1.165, 1.54) is 18.9 Å². The van der Waals surface area contributed by atoms with E-state index in [4.69, 9.17) is 0 Å². The number of fused-ring (bicyclic) bond motifs is 1. The average molecular weight is 391 g/mol. The number of piperidine rings is 1. The first-order chi connectivity index (χ1) is 14.1. The molecular weight excluding hydrogens is 366 g/mol. The van der Waals surface area contributed by atoms with E-state index in [0.29, 0.717) is 29.5 Å². The summed E-state index contributed by atoms with van der Waals surface area (Å²) < 4.78 is 1.93. The second kappa shape index (κ2) is 7.13. The second-order valence-electron chi connectivity index (χ2n) is 8.50. The molecule has 2 aliphatic rings. The van der Waals surface area contributed by atoms with Gasteiger partial charge in [0.15, 0.2) is 0 Å². The minimum atomic E-state index is -0.242. The third-order valence-corrected chi connectivity index (χ3v) is 6.03. The molecule has 29 heavy (non-hydrogen) atoms. The van der Waals surface area contributed by atoms with Crippen molar-refractivity contribution in [2.24, 2.45) is 5.92 Å². The number of rotatable bonds is 4. The van der Waals surface area contributed by atoms with Crippen molar-refractivity contribution in [2.45, 2.75) is 45.1 Å². The lowest BCUT2D eigenvalue weighted by molar-refractivity contribution is 0.0661. The van der Waals surface area contributed by atoms with Gasteiger partial charge in [0.2, 0.25) is 5.56 Å². The van der Waals surface area contributed by atoms with Gasteiger partial charge < -0.3 is 9.88 Å². The molecule has 150 valence electrons. The van der Waals surface area contributed by atoms with Crippen LogP contribution < -0.4 is 5.56 Å². The summed E-state index contributed by atoms with van der Waals surface area (Å²) in [5.41, 5.74) is 3.11. The Kier molecular flexibility index (Phi) is 4.45. The molecule has 2 aromatic heterocycles. The van der Waals surface area contributed by atoms with E-state index in [2.05, 4.69) is 21.5 Å². The van der Waals surface area contributed by atoms with Crippen molar-refractivity contribution in [2.75, 3.05) is 13.1 Å². The number of H-pyrrole nitrogens is 1. The predicted molar refractivity (Wildman–Crippen MR) is 110 cm³/mol. The molecule has 3 aromatic rings. The number of carbonyl (C=O) groups is 1. The van der Waals surface area contributed by atoms with Gasteiger partial charge in [-0.2, -0.15) is 0 Å². The van der Waals surface area contributed by atoms with E-state index >= 15 is 0 Å². The summed E-state index contributed by atoms with van der Waals surface area (Å²) in [7, 11) is 0. The summed E-state index contributed by atoms with van der Waals surface area (Å²) in [6, 6.07) is 7.21. The van der Waals surface area contributed by atoms with Crippen molar-refractivity contribution in [3.05, 3.63) is 57.6 Å². The summed E-state index contributed by atoms with van der Waals surface area (Å²) in [5.74, 6) is 0.881. The van der Waals surface area contributed by atoms with Crippen molar-refractivity contribution in [1.82, 2.24) is 24.9 Å². The number of nitrogens with zero attached hydrogens (tertiary/aromatic N) is 4. The van der Waals surface area contributed by atoms with E-state index in [1.54, 1.807) is 0 Å². The van der Waals surface area contributed by atoms with Crippen molar-refractivity contribution in [1.29, 1.82) is 0 Å². The minimum absolute atomic E-state index is 0.0614. The SMILES string of the molecule is Cc1ccc2[nH]c(=O)cc(C(=O)N3CCC[C@@H](Cn4cc(C5CC5)nn4)C3)c2c1. The monoisotopic (exact) mass is 391 g/mol. The molecule has 1 aliphatic heterocycles. The van der Waals surface area contributed by atoms with Gasteiger partial charge in [-0.1, -0.05) is 16.8 Å². The number of benzene rings is 1. The zero-order chi connectivity index (χ0) is 20.0. The van der Waals surface area contributed by atoms with Crippen LogP contribution in [-0.2, 0) is 6.54 Å². The quantitative estimate of drug-likeness (QED) is 0.741. The highest BCUT2D eigenvalue weighted by atomic mass is 16.2. The highest BCUT2D eigenvalue weighted by Crippen LogP contribution is 2.38. The second-order valence-corrected chi connectivity index (χ2v) is 8.50. The van der Waals surface area contributed by atoms with E-state index in [9.17, 15) is 9.59 Å². The average Bonchev–Trinajstić information content (AvgIpc) is 3.47. The van der Waals surface area contributed by atoms with Crippen molar-refractivity contribution in [3.63, 3.8) is 0 Å². The Hall–Kier alpha value is -2.96. The normalized spacial score (nSPS) is 19.6. The number of pyridine rings is 1. The summed E-state index contributed by atoms with van der Waals surface area (Å²) in [4.78, 5) is 30.1. The molecular formula is C22H25N5O2. The van der Waals surface area contributed by atoms with Crippen LogP contribution in [-0.4, -0.2) is 43.9 Å². The van der Waals surface area contributed by atoms with Gasteiger partial charge in [0.25, 0.3) is 5.91 Å². The number of aromatic amines is 1. The molecule has 1 saturated carbocycles. The number of aryl methyl sites for hydroxylation is 1. The van der Waals surface area contributed by atoms with Gasteiger partial charge in [0.05, 0.1) is 11.3 Å². The smallest absolute Gasteiger partial charge is 0.254 e. The number of amides is 1. The largest absolute Gasteiger partial charge is 0.338 e. The molecule has 7 nitrogen and oxygen atoms in total. The fraction of sp³-hybridized carbons (Fsp3) is 0.455. The first kappa shape index (κ1) is 18.1. The topological polar surface area (TPSA) is 83.9 Å². The third kappa shape index (κ3) is 3.69. The van der Waals surface area contributed by atoms with Crippen LogP contribution in [0.5, 0.6) is 0 Å². The molecule has 5 rings (SSSR count). The molecule has 1 N–H and O–H groups in total. The Morgan fingerprint density at radius 3 is 2.93 bits per heavy atom. The van der Waals surface area contributed by atoms with E-state index in [-0.39, 0.29) is 11.5 Å². The lowest BCUT2D eigenvalue weighted by Gasteiger charge is -2.33. The summed E-state index contributed by atoms with van der Waals surface area (Å²) in [6.07, 6.45) is 6.52. The van der Waals surface area contributed by atoms with Crippen LogP contribution in [0.1, 0.15) is 53.2 Å². The highest BCUT2D eigenvalue weighted by molar-refractivity contribution is 6.06. The Balaban J connectivity index is 1.36. The zero-order valence-electron chi connectivity index (χ0n) is 16.6. The maximum atomic E-state index is 13.3. The molecule has 3 heterocycles. The lowest BCUT2D eigenvalue weighted by Crippen LogP contribution is -2.41. The van der Waals surface area contributed by atoms with Crippen LogP contribution in [0, 0.1) is 12.8 Å². The van der Waals surface area contributed by atoms with Crippen molar-refractivity contribution in [3.8, 4) is 0 Å². The van der Waals surface area contributed by atoms with E-state index in [1.807, 2.05) is 34.7 Å². The number of nitrogens with one attached hydrogen (secondary N) is 1. The van der Waals surface area contributed by atoms with Crippen LogP contribution in [0.15, 0.2) is 35.3 Å². The molecule has 0 unspecified atom stereocenters. The van der Waals surface area contributed by atoms with Crippen LogP contribution in [0.25, 0.3) is 10.9 Å². The number of hydrogen-bond donors (Lipinski definition) is 1. The van der Waals surface area contributed by atoms with Gasteiger partial charge in [-0.15, -0.1) is 5.10 Å². The molecule has 1 amide bonds. The van der Waals surface area contributed by atoms with Crippen molar-refractivity contribution >= 4 is 16.8 Å². The van der Waals surface area contributed by atoms with Crippen molar-refractivity contribution < 1.29 is 4.79 Å². The van der Waals surface area contributed by atoms with Gasteiger partial charge in [0.1, 0.15) is 0 Å². The number of carbonyl (C=O) groups excluding carboxylic acids is 1. The van der Waals surface area contributed by atoms with Crippen LogP contribution in [0.4, 0.5) is 0 Å². The van der Waals surface area contributed by atoms with Crippen LogP contribution in [0.2, 0.25) is 0 Å².